The quantitative estimate of drug-likeness (QED) is 0.629. The molecule has 1 rings (SSSR count). The van der Waals surface area contributed by atoms with Crippen LogP contribution in [0.1, 0.15) is 5.76 Å². The SMILES string of the molecule is COC(=O)CN(C)Cc1ccno1. The summed E-state index contributed by atoms with van der Waals surface area (Å²) in [4.78, 5) is 12.6. The first-order valence-electron chi connectivity index (χ1n) is 3.87. The van der Waals surface area contributed by atoms with E-state index in [0.717, 1.165) is 5.76 Å². The normalized spacial score (nSPS) is 10.4. The Morgan fingerprint density at radius 3 is 3.08 bits per heavy atom. The van der Waals surface area contributed by atoms with Crippen LogP contribution in [0.3, 0.4) is 0 Å². The first-order chi connectivity index (χ1) is 6.22. The van der Waals surface area contributed by atoms with Crippen molar-refractivity contribution < 1.29 is 14.1 Å². The number of carbonyl (C=O) groups excluding carboxylic acids is 1. The van der Waals surface area contributed by atoms with Crippen molar-refractivity contribution >= 4 is 5.97 Å². The molecule has 0 atom stereocenters. The predicted molar refractivity (Wildman–Crippen MR) is 44.9 cm³/mol. The Hall–Kier alpha value is -1.36. The van der Waals surface area contributed by atoms with E-state index in [9.17, 15) is 4.79 Å². The van der Waals surface area contributed by atoms with Gasteiger partial charge in [0.05, 0.1) is 26.4 Å². The molecule has 0 spiro atoms. The van der Waals surface area contributed by atoms with Crippen LogP contribution in [0.2, 0.25) is 0 Å². The number of carbonyl (C=O) groups is 1. The minimum absolute atomic E-state index is 0.247. The number of hydrogen-bond acceptors (Lipinski definition) is 5. The van der Waals surface area contributed by atoms with Gasteiger partial charge in [0.2, 0.25) is 0 Å². The maximum atomic E-state index is 10.8. The molecule has 5 nitrogen and oxygen atoms in total. The van der Waals surface area contributed by atoms with Crippen LogP contribution in [-0.4, -0.2) is 36.7 Å². The summed E-state index contributed by atoms with van der Waals surface area (Å²) < 4.78 is 9.39. The number of rotatable bonds is 4. The van der Waals surface area contributed by atoms with E-state index in [1.54, 1.807) is 24.2 Å². The standard InChI is InChI=1S/C8H12N2O3/c1-10(6-8(11)12-2)5-7-3-4-9-13-7/h3-4H,5-6H2,1-2H3. The first kappa shape index (κ1) is 9.73. The summed E-state index contributed by atoms with van der Waals surface area (Å²) in [5.74, 6) is 0.466. The van der Waals surface area contributed by atoms with Gasteiger partial charge in [-0.15, -0.1) is 0 Å². The van der Waals surface area contributed by atoms with Crippen molar-refractivity contribution in [2.24, 2.45) is 0 Å². The van der Waals surface area contributed by atoms with Crippen LogP contribution in [0.5, 0.6) is 0 Å². The third kappa shape index (κ3) is 3.25. The summed E-state index contributed by atoms with van der Waals surface area (Å²) in [6.45, 7) is 0.798. The number of likely N-dealkylation sites (N-methyl/N-ethyl adjacent to an activating group) is 1. The Morgan fingerprint density at radius 2 is 2.54 bits per heavy atom. The molecule has 13 heavy (non-hydrogen) atoms. The first-order valence-corrected chi connectivity index (χ1v) is 3.87. The van der Waals surface area contributed by atoms with Crippen LogP contribution in [0.15, 0.2) is 16.8 Å². The summed E-state index contributed by atoms with van der Waals surface area (Å²) in [5, 5.41) is 3.56. The highest BCUT2D eigenvalue weighted by atomic mass is 16.5. The van der Waals surface area contributed by atoms with Gasteiger partial charge in [0.1, 0.15) is 0 Å². The third-order valence-corrected chi connectivity index (χ3v) is 1.54. The highest BCUT2D eigenvalue weighted by Gasteiger charge is 2.08. The molecular formula is C8H12N2O3. The molecule has 0 N–H and O–H groups in total. The van der Waals surface area contributed by atoms with Crippen molar-refractivity contribution in [1.82, 2.24) is 10.1 Å². The van der Waals surface area contributed by atoms with Crippen molar-refractivity contribution in [2.45, 2.75) is 6.54 Å². The summed E-state index contributed by atoms with van der Waals surface area (Å²) in [6, 6.07) is 1.76. The Kier molecular flexibility index (Phi) is 3.45. The molecule has 0 amide bonds. The van der Waals surface area contributed by atoms with Crippen LogP contribution < -0.4 is 0 Å². The molecule has 0 aromatic carbocycles. The maximum Gasteiger partial charge on any atom is 0.319 e. The Morgan fingerprint density at radius 1 is 1.77 bits per heavy atom. The van der Waals surface area contributed by atoms with E-state index in [4.69, 9.17) is 4.52 Å². The summed E-state index contributed by atoms with van der Waals surface area (Å²) >= 11 is 0. The van der Waals surface area contributed by atoms with Crippen molar-refractivity contribution in [1.29, 1.82) is 0 Å². The lowest BCUT2D eigenvalue weighted by Gasteiger charge is -2.11. The molecule has 0 fully saturated rings. The van der Waals surface area contributed by atoms with E-state index in [2.05, 4.69) is 9.89 Å². The van der Waals surface area contributed by atoms with Gasteiger partial charge < -0.3 is 9.26 Å². The molecule has 5 heteroatoms. The van der Waals surface area contributed by atoms with Crippen molar-refractivity contribution in [2.75, 3.05) is 20.7 Å². The molecule has 0 unspecified atom stereocenters. The van der Waals surface area contributed by atoms with Crippen molar-refractivity contribution in [3.05, 3.63) is 18.0 Å². The number of methoxy groups -OCH3 is 1. The van der Waals surface area contributed by atoms with E-state index >= 15 is 0 Å². The number of hydrogen-bond donors (Lipinski definition) is 0. The predicted octanol–water partition coefficient (Wildman–Crippen LogP) is 0.279. The Bertz CT molecular complexity index is 258. The number of nitrogens with zero attached hydrogens (tertiary/aromatic N) is 2. The number of aromatic nitrogens is 1. The molecule has 0 saturated carbocycles. The Balaban J connectivity index is 2.33. The minimum atomic E-state index is -0.262. The maximum absolute atomic E-state index is 10.8. The van der Waals surface area contributed by atoms with Gasteiger partial charge >= 0.3 is 5.97 Å². The zero-order valence-corrected chi connectivity index (χ0v) is 7.69. The fourth-order valence-corrected chi connectivity index (χ4v) is 0.931. The lowest BCUT2D eigenvalue weighted by molar-refractivity contribution is -0.141. The summed E-state index contributed by atoms with van der Waals surface area (Å²) in [5.41, 5.74) is 0. The molecule has 1 aromatic rings. The van der Waals surface area contributed by atoms with E-state index in [1.165, 1.54) is 7.11 Å². The molecule has 0 bridgehead atoms. The average Bonchev–Trinajstić information content (AvgIpc) is 2.56. The highest BCUT2D eigenvalue weighted by molar-refractivity contribution is 5.71. The fraction of sp³-hybridized carbons (Fsp3) is 0.500. The molecule has 0 saturated heterocycles. The zero-order chi connectivity index (χ0) is 9.68. The smallest absolute Gasteiger partial charge is 0.319 e. The molecule has 72 valence electrons. The van der Waals surface area contributed by atoms with Crippen LogP contribution >= 0.6 is 0 Å². The second-order valence-corrected chi connectivity index (χ2v) is 2.73. The average molecular weight is 184 g/mol. The lowest BCUT2D eigenvalue weighted by atomic mass is 10.4. The van der Waals surface area contributed by atoms with E-state index in [1.807, 2.05) is 0 Å². The fourth-order valence-electron chi connectivity index (χ4n) is 0.931. The van der Waals surface area contributed by atoms with Gasteiger partial charge in [-0.2, -0.15) is 0 Å². The lowest BCUT2D eigenvalue weighted by Crippen LogP contribution is -2.26. The molecule has 0 aliphatic carbocycles. The van der Waals surface area contributed by atoms with E-state index in [-0.39, 0.29) is 12.5 Å². The molecule has 0 radical (unpaired) electrons. The number of ether oxygens (including phenoxy) is 1. The van der Waals surface area contributed by atoms with Crippen LogP contribution in [-0.2, 0) is 16.1 Å². The monoisotopic (exact) mass is 184 g/mol. The van der Waals surface area contributed by atoms with Gasteiger partial charge in [-0.25, -0.2) is 0 Å². The van der Waals surface area contributed by atoms with Crippen molar-refractivity contribution in [3.63, 3.8) is 0 Å². The molecule has 0 aliphatic rings. The van der Waals surface area contributed by atoms with Gasteiger partial charge in [-0.1, -0.05) is 5.16 Å². The molecule has 1 heterocycles. The third-order valence-electron chi connectivity index (χ3n) is 1.54. The van der Waals surface area contributed by atoms with Gasteiger partial charge in [-0.3, -0.25) is 9.69 Å². The van der Waals surface area contributed by atoms with Gasteiger partial charge in [0.25, 0.3) is 0 Å². The summed E-state index contributed by atoms with van der Waals surface area (Å²) in [6.07, 6.45) is 1.57. The van der Waals surface area contributed by atoms with Gasteiger partial charge in [0.15, 0.2) is 5.76 Å². The molecular weight excluding hydrogens is 172 g/mol. The second kappa shape index (κ2) is 4.61. The highest BCUT2D eigenvalue weighted by Crippen LogP contribution is 2.00. The second-order valence-electron chi connectivity index (χ2n) is 2.73. The van der Waals surface area contributed by atoms with Crippen molar-refractivity contribution in [3.8, 4) is 0 Å². The minimum Gasteiger partial charge on any atom is -0.468 e. The van der Waals surface area contributed by atoms with Crippen LogP contribution in [0, 0.1) is 0 Å². The van der Waals surface area contributed by atoms with Gasteiger partial charge in [0, 0.05) is 6.07 Å². The van der Waals surface area contributed by atoms with E-state index in [0.29, 0.717) is 6.54 Å². The van der Waals surface area contributed by atoms with Crippen LogP contribution in [0.25, 0.3) is 0 Å². The van der Waals surface area contributed by atoms with E-state index < -0.39 is 0 Å². The number of esters is 1. The van der Waals surface area contributed by atoms with Crippen LogP contribution in [0.4, 0.5) is 0 Å². The molecule has 0 aliphatic heterocycles. The summed E-state index contributed by atoms with van der Waals surface area (Å²) in [7, 11) is 3.17. The Labute approximate surface area is 76.3 Å². The topological polar surface area (TPSA) is 55.6 Å². The zero-order valence-electron chi connectivity index (χ0n) is 7.69. The van der Waals surface area contributed by atoms with Gasteiger partial charge in [-0.05, 0) is 7.05 Å². The molecule has 1 aromatic heterocycles. The largest absolute Gasteiger partial charge is 0.468 e.